The van der Waals surface area contributed by atoms with Crippen molar-refractivity contribution in [3.05, 3.63) is 12.2 Å². The van der Waals surface area contributed by atoms with Crippen LogP contribution in [0.3, 0.4) is 0 Å². The molecule has 0 fully saturated rings. The Hall–Kier alpha value is 0.220. The van der Waals surface area contributed by atoms with Crippen LogP contribution in [0.2, 0.25) is 0 Å². The molecule has 0 aromatic heterocycles. The molecular formula is C9H17Br. The molecule has 0 N–H and O–H groups in total. The van der Waals surface area contributed by atoms with Crippen LogP contribution in [0.25, 0.3) is 0 Å². The van der Waals surface area contributed by atoms with E-state index in [1.54, 1.807) is 0 Å². The number of halogens is 1. The molecule has 0 saturated heterocycles. The molecule has 0 rings (SSSR count). The molecule has 0 atom stereocenters. The van der Waals surface area contributed by atoms with E-state index in [4.69, 9.17) is 0 Å². The molecule has 10 heavy (non-hydrogen) atoms. The lowest BCUT2D eigenvalue weighted by Gasteiger charge is -1.90. The van der Waals surface area contributed by atoms with E-state index in [1.165, 1.54) is 32.1 Å². The molecule has 0 aromatic carbocycles. The molecule has 0 radical (unpaired) electrons. The van der Waals surface area contributed by atoms with Crippen LogP contribution in [-0.2, 0) is 0 Å². The van der Waals surface area contributed by atoms with E-state index in [1.807, 2.05) is 0 Å². The van der Waals surface area contributed by atoms with E-state index < -0.39 is 0 Å². The van der Waals surface area contributed by atoms with E-state index in [9.17, 15) is 0 Å². The molecule has 0 aromatic rings. The minimum absolute atomic E-state index is 1.15. The van der Waals surface area contributed by atoms with Crippen molar-refractivity contribution in [2.45, 2.75) is 39.0 Å². The van der Waals surface area contributed by atoms with Crippen molar-refractivity contribution < 1.29 is 0 Å². The van der Waals surface area contributed by atoms with Gasteiger partial charge in [0.15, 0.2) is 0 Å². The fourth-order valence-electron chi connectivity index (χ4n) is 0.759. The lowest BCUT2D eigenvalue weighted by molar-refractivity contribution is 0.821. The number of alkyl halides is 1. The number of unbranched alkanes of at least 4 members (excludes halogenated alkanes) is 3. The van der Waals surface area contributed by atoms with Crippen LogP contribution in [0.5, 0.6) is 0 Å². The molecule has 0 saturated carbocycles. The molecule has 0 aliphatic heterocycles. The zero-order valence-electron chi connectivity index (χ0n) is 6.78. The van der Waals surface area contributed by atoms with Crippen LogP contribution < -0.4 is 0 Å². The van der Waals surface area contributed by atoms with Gasteiger partial charge in [0.05, 0.1) is 0 Å². The Morgan fingerprint density at radius 1 is 1.10 bits per heavy atom. The minimum Gasteiger partial charge on any atom is -0.0928 e. The van der Waals surface area contributed by atoms with Crippen molar-refractivity contribution in [2.24, 2.45) is 0 Å². The third-order valence-electron chi connectivity index (χ3n) is 1.38. The smallest absolute Gasteiger partial charge is 0.00314 e. The first kappa shape index (κ1) is 10.2. The Bertz CT molecular complexity index is 76.8. The van der Waals surface area contributed by atoms with Crippen molar-refractivity contribution in [2.75, 3.05) is 5.33 Å². The zero-order chi connectivity index (χ0) is 7.66. The quantitative estimate of drug-likeness (QED) is 0.350. The molecule has 0 aliphatic rings. The van der Waals surface area contributed by atoms with Crippen molar-refractivity contribution in [3.8, 4) is 0 Å². The average molecular weight is 205 g/mol. The van der Waals surface area contributed by atoms with Crippen LogP contribution in [0.4, 0.5) is 0 Å². The van der Waals surface area contributed by atoms with Gasteiger partial charge < -0.3 is 0 Å². The molecule has 1 heteroatoms. The molecule has 0 amide bonds. The van der Waals surface area contributed by atoms with E-state index in [2.05, 4.69) is 35.0 Å². The van der Waals surface area contributed by atoms with Crippen LogP contribution in [0.1, 0.15) is 39.0 Å². The third kappa shape index (κ3) is 8.22. The molecular weight excluding hydrogens is 188 g/mol. The van der Waals surface area contributed by atoms with Gasteiger partial charge in [-0.2, -0.15) is 0 Å². The highest BCUT2D eigenvalue weighted by Gasteiger charge is 1.81. The van der Waals surface area contributed by atoms with Gasteiger partial charge in [0.1, 0.15) is 0 Å². The lowest BCUT2D eigenvalue weighted by Crippen LogP contribution is -1.73. The predicted octanol–water partition coefficient (Wildman–Crippen LogP) is 3.91. The average Bonchev–Trinajstić information content (AvgIpc) is 1.97. The maximum Gasteiger partial charge on any atom is 0.00314 e. The number of allylic oxidation sites excluding steroid dienone is 2. The second-order valence-corrected chi connectivity index (χ2v) is 3.24. The van der Waals surface area contributed by atoms with Crippen LogP contribution in [0, 0.1) is 0 Å². The Balaban J connectivity index is 2.88. The Labute approximate surface area is 72.8 Å². The van der Waals surface area contributed by atoms with Crippen LogP contribution in [0.15, 0.2) is 12.2 Å². The van der Waals surface area contributed by atoms with Gasteiger partial charge in [-0.25, -0.2) is 0 Å². The van der Waals surface area contributed by atoms with Gasteiger partial charge in [-0.3, -0.25) is 0 Å². The van der Waals surface area contributed by atoms with E-state index in [0.717, 1.165) is 5.33 Å². The monoisotopic (exact) mass is 204 g/mol. The zero-order valence-corrected chi connectivity index (χ0v) is 8.36. The number of hydrogen-bond donors (Lipinski definition) is 0. The molecule has 0 bridgehead atoms. The number of rotatable bonds is 6. The summed E-state index contributed by atoms with van der Waals surface area (Å²) in [5.41, 5.74) is 0. The van der Waals surface area contributed by atoms with Gasteiger partial charge in [-0.15, -0.1) is 0 Å². The summed E-state index contributed by atoms with van der Waals surface area (Å²) in [6.07, 6.45) is 11.0. The summed E-state index contributed by atoms with van der Waals surface area (Å²) in [4.78, 5) is 0. The van der Waals surface area contributed by atoms with Crippen molar-refractivity contribution in [3.63, 3.8) is 0 Å². The Morgan fingerprint density at radius 3 is 2.40 bits per heavy atom. The first-order valence-electron chi connectivity index (χ1n) is 4.12. The number of hydrogen-bond acceptors (Lipinski definition) is 0. The first-order valence-corrected chi connectivity index (χ1v) is 5.25. The van der Waals surface area contributed by atoms with Crippen molar-refractivity contribution >= 4 is 15.9 Å². The summed E-state index contributed by atoms with van der Waals surface area (Å²) in [5.74, 6) is 0. The summed E-state index contributed by atoms with van der Waals surface area (Å²) in [5, 5.41) is 1.15. The molecule has 0 spiro atoms. The van der Waals surface area contributed by atoms with E-state index in [-0.39, 0.29) is 0 Å². The molecule has 0 aliphatic carbocycles. The fourth-order valence-corrected chi connectivity index (χ4v) is 1.16. The van der Waals surface area contributed by atoms with Crippen LogP contribution >= 0.6 is 15.9 Å². The van der Waals surface area contributed by atoms with Crippen molar-refractivity contribution in [1.82, 2.24) is 0 Å². The maximum absolute atomic E-state index is 3.41. The van der Waals surface area contributed by atoms with Gasteiger partial charge in [-0.05, 0) is 25.7 Å². The Morgan fingerprint density at radius 2 is 1.80 bits per heavy atom. The SMILES string of the molecule is CCC/C=C/CCCCBr. The van der Waals surface area contributed by atoms with Gasteiger partial charge in [0.2, 0.25) is 0 Å². The minimum atomic E-state index is 1.15. The highest BCUT2D eigenvalue weighted by atomic mass is 79.9. The van der Waals surface area contributed by atoms with Gasteiger partial charge >= 0.3 is 0 Å². The second-order valence-electron chi connectivity index (χ2n) is 2.44. The summed E-state index contributed by atoms with van der Waals surface area (Å²) >= 11 is 3.41. The standard InChI is InChI=1S/C9H17Br/c1-2-3-4-5-6-7-8-9-10/h4-5H,2-3,6-9H2,1H3/b5-4+. The Kier molecular flexibility index (Phi) is 9.42. The summed E-state index contributed by atoms with van der Waals surface area (Å²) in [7, 11) is 0. The second kappa shape index (κ2) is 9.22. The summed E-state index contributed by atoms with van der Waals surface area (Å²) < 4.78 is 0. The summed E-state index contributed by atoms with van der Waals surface area (Å²) in [6.45, 7) is 2.21. The third-order valence-corrected chi connectivity index (χ3v) is 1.94. The maximum atomic E-state index is 3.41. The highest BCUT2D eigenvalue weighted by Crippen LogP contribution is 2.00. The largest absolute Gasteiger partial charge is 0.0928 e. The lowest BCUT2D eigenvalue weighted by atomic mass is 10.2. The molecule has 0 unspecified atom stereocenters. The summed E-state index contributed by atoms with van der Waals surface area (Å²) in [6, 6.07) is 0. The molecule has 0 nitrogen and oxygen atoms in total. The first-order chi connectivity index (χ1) is 4.91. The van der Waals surface area contributed by atoms with E-state index >= 15 is 0 Å². The van der Waals surface area contributed by atoms with Crippen molar-refractivity contribution in [1.29, 1.82) is 0 Å². The fraction of sp³-hybridized carbons (Fsp3) is 0.778. The van der Waals surface area contributed by atoms with Gasteiger partial charge in [0.25, 0.3) is 0 Å². The normalized spacial score (nSPS) is 11.0. The van der Waals surface area contributed by atoms with Crippen LogP contribution in [-0.4, -0.2) is 5.33 Å². The highest BCUT2D eigenvalue weighted by molar-refractivity contribution is 9.09. The molecule has 60 valence electrons. The van der Waals surface area contributed by atoms with Gasteiger partial charge in [-0.1, -0.05) is 41.4 Å². The van der Waals surface area contributed by atoms with E-state index in [0.29, 0.717) is 0 Å². The topological polar surface area (TPSA) is 0 Å². The van der Waals surface area contributed by atoms with Gasteiger partial charge in [0, 0.05) is 5.33 Å². The predicted molar refractivity (Wildman–Crippen MR) is 51.7 cm³/mol. The molecule has 0 heterocycles.